The van der Waals surface area contributed by atoms with E-state index in [9.17, 15) is 13.6 Å². The van der Waals surface area contributed by atoms with Crippen molar-refractivity contribution in [1.29, 1.82) is 0 Å². The Morgan fingerprint density at radius 1 is 1.33 bits per heavy atom. The Morgan fingerprint density at radius 2 is 2.00 bits per heavy atom. The summed E-state index contributed by atoms with van der Waals surface area (Å²) in [5.74, 6) is -2.41. The zero-order valence-corrected chi connectivity index (χ0v) is 12.4. The van der Waals surface area contributed by atoms with Crippen molar-refractivity contribution in [3.8, 4) is 0 Å². The van der Waals surface area contributed by atoms with Gasteiger partial charge in [0, 0.05) is 30.9 Å². The van der Waals surface area contributed by atoms with Gasteiger partial charge in [-0.1, -0.05) is 6.92 Å². The molecule has 21 heavy (non-hydrogen) atoms. The molecule has 116 valence electrons. The summed E-state index contributed by atoms with van der Waals surface area (Å²) in [6.07, 6.45) is 1.65. The van der Waals surface area contributed by atoms with Gasteiger partial charge in [0.1, 0.15) is 0 Å². The lowest BCUT2D eigenvalue weighted by Crippen LogP contribution is -2.43. The Kier molecular flexibility index (Phi) is 4.77. The molecule has 4 nitrogen and oxygen atoms in total. The van der Waals surface area contributed by atoms with Gasteiger partial charge in [-0.3, -0.25) is 4.79 Å². The number of carbonyl (C=O) groups is 1. The molecule has 1 aliphatic heterocycles. The zero-order chi connectivity index (χ0) is 15.6. The number of amides is 1. The number of anilines is 1. The van der Waals surface area contributed by atoms with Gasteiger partial charge in [-0.25, -0.2) is 8.78 Å². The number of nitrogen functional groups attached to an aromatic ring is 1. The van der Waals surface area contributed by atoms with Crippen molar-refractivity contribution in [2.75, 3.05) is 32.4 Å². The largest absolute Gasteiger partial charge is 0.398 e. The number of nitrogens with two attached hydrogens (primary N) is 1. The summed E-state index contributed by atoms with van der Waals surface area (Å²) in [6, 6.07) is 1.82. The number of carbonyl (C=O) groups excluding carboxylic acids is 1. The predicted molar refractivity (Wildman–Crippen MR) is 78.0 cm³/mol. The fourth-order valence-electron chi connectivity index (χ4n) is 2.76. The van der Waals surface area contributed by atoms with Gasteiger partial charge in [-0.15, -0.1) is 0 Å². The third kappa shape index (κ3) is 3.32. The summed E-state index contributed by atoms with van der Waals surface area (Å²) in [5.41, 5.74) is 5.70. The second-order valence-corrected chi connectivity index (χ2v) is 5.53. The van der Waals surface area contributed by atoms with Crippen molar-refractivity contribution in [2.45, 2.75) is 25.8 Å². The fourth-order valence-corrected chi connectivity index (χ4v) is 2.76. The lowest BCUT2D eigenvalue weighted by molar-refractivity contribution is 0.0676. The van der Waals surface area contributed by atoms with E-state index in [1.807, 2.05) is 14.0 Å². The van der Waals surface area contributed by atoms with Crippen LogP contribution >= 0.6 is 0 Å². The highest BCUT2D eigenvalue weighted by Crippen LogP contribution is 2.22. The van der Waals surface area contributed by atoms with Crippen molar-refractivity contribution < 1.29 is 13.6 Å². The van der Waals surface area contributed by atoms with Gasteiger partial charge in [-0.2, -0.15) is 0 Å². The molecule has 0 radical (unpaired) electrons. The Bertz CT molecular complexity index is 536. The summed E-state index contributed by atoms with van der Waals surface area (Å²) >= 11 is 0. The second-order valence-electron chi connectivity index (χ2n) is 5.53. The summed E-state index contributed by atoms with van der Waals surface area (Å²) in [7, 11) is 2.02. The summed E-state index contributed by atoms with van der Waals surface area (Å²) in [5, 5.41) is 0. The van der Waals surface area contributed by atoms with E-state index in [1.54, 1.807) is 4.90 Å². The van der Waals surface area contributed by atoms with Crippen molar-refractivity contribution in [2.24, 2.45) is 0 Å². The van der Waals surface area contributed by atoms with Crippen LogP contribution in [0.2, 0.25) is 0 Å². The maximum absolute atomic E-state index is 13.4. The van der Waals surface area contributed by atoms with E-state index in [0.29, 0.717) is 6.54 Å². The first kappa shape index (κ1) is 15.7. The normalized spacial score (nSPS) is 20.4. The van der Waals surface area contributed by atoms with E-state index in [2.05, 4.69) is 4.90 Å². The number of hydrogen-bond acceptors (Lipinski definition) is 3. The van der Waals surface area contributed by atoms with Gasteiger partial charge < -0.3 is 15.5 Å². The molecule has 1 fully saturated rings. The molecule has 1 atom stereocenters. The lowest BCUT2D eigenvalue weighted by Gasteiger charge is -2.30. The number of benzene rings is 1. The summed E-state index contributed by atoms with van der Waals surface area (Å²) < 4.78 is 26.5. The molecule has 1 heterocycles. The topological polar surface area (TPSA) is 49.6 Å². The molecule has 0 bridgehead atoms. The maximum atomic E-state index is 13.4. The third-order valence-corrected chi connectivity index (χ3v) is 3.96. The van der Waals surface area contributed by atoms with Crippen LogP contribution in [0.5, 0.6) is 0 Å². The van der Waals surface area contributed by atoms with E-state index < -0.39 is 11.6 Å². The average Bonchev–Trinajstić information content (AvgIpc) is 2.63. The molecule has 1 aliphatic rings. The predicted octanol–water partition coefficient (Wildman–Crippen LogP) is 2.10. The molecule has 2 N–H and O–H groups in total. The number of rotatable bonds is 2. The highest BCUT2D eigenvalue weighted by molar-refractivity contribution is 5.99. The van der Waals surface area contributed by atoms with E-state index in [-0.39, 0.29) is 23.2 Å². The SMILES string of the molecule is CCC1CN(C)CCCN1C(=O)c1cc(F)c(F)cc1N. The second kappa shape index (κ2) is 6.39. The molecule has 0 aliphatic carbocycles. The van der Waals surface area contributed by atoms with E-state index in [4.69, 9.17) is 5.73 Å². The standard InChI is InChI=1S/C15H21F2N3O/c1-3-10-9-19(2)5-4-6-20(10)15(21)11-7-12(16)13(17)8-14(11)18/h7-8,10H,3-6,9,18H2,1-2H3. The molecular formula is C15H21F2N3O. The van der Waals surface area contributed by atoms with Gasteiger partial charge in [0.25, 0.3) is 5.91 Å². The Hall–Kier alpha value is -1.69. The van der Waals surface area contributed by atoms with E-state index in [1.165, 1.54) is 0 Å². The monoisotopic (exact) mass is 297 g/mol. The van der Waals surface area contributed by atoms with Crippen LogP contribution in [0.15, 0.2) is 12.1 Å². The molecule has 1 unspecified atom stereocenters. The molecular weight excluding hydrogens is 276 g/mol. The van der Waals surface area contributed by atoms with Crippen LogP contribution in [0.25, 0.3) is 0 Å². The van der Waals surface area contributed by atoms with Crippen LogP contribution < -0.4 is 5.73 Å². The Morgan fingerprint density at radius 3 is 2.67 bits per heavy atom. The van der Waals surface area contributed by atoms with Gasteiger partial charge >= 0.3 is 0 Å². The number of likely N-dealkylation sites (N-methyl/N-ethyl adjacent to an activating group) is 1. The van der Waals surface area contributed by atoms with Gasteiger partial charge in [0.15, 0.2) is 11.6 Å². The quantitative estimate of drug-likeness (QED) is 0.851. The summed E-state index contributed by atoms with van der Waals surface area (Å²) in [4.78, 5) is 16.6. The smallest absolute Gasteiger partial charge is 0.256 e. The molecule has 1 amide bonds. The van der Waals surface area contributed by atoms with E-state index >= 15 is 0 Å². The number of hydrogen-bond donors (Lipinski definition) is 1. The minimum atomic E-state index is -1.05. The molecule has 0 spiro atoms. The van der Waals surface area contributed by atoms with Crippen LogP contribution in [0.3, 0.4) is 0 Å². The van der Waals surface area contributed by atoms with Gasteiger partial charge in [0.2, 0.25) is 0 Å². The molecule has 1 saturated heterocycles. The fraction of sp³-hybridized carbons (Fsp3) is 0.533. The highest BCUT2D eigenvalue weighted by atomic mass is 19.2. The summed E-state index contributed by atoms with van der Waals surface area (Å²) in [6.45, 7) is 4.29. The van der Waals surface area contributed by atoms with E-state index in [0.717, 1.165) is 38.1 Å². The Labute approximate surface area is 123 Å². The highest BCUT2D eigenvalue weighted by Gasteiger charge is 2.28. The molecule has 2 rings (SSSR count). The maximum Gasteiger partial charge on any atom is 0.256 e. The van der Waals surface area contributed by atoms with Crippen molar-refractivity contribution in [3.63, 3.8) is 0 Å². The van der Waals surface area contributed by atoms with Gasteiger partial charge in [-0.05, 0) is 32.5 Å². The van der Waals surface area contributed by atoms with Crippen LogP contribution in [0.1, 0.15) is 30.1 Å². The van der Waals surface area contributed by atoms with Gasteiger partial charge in [0.05, 0.1) is 5.56 Å². The zero-order valence-electron chi connectivity index (χ0n) is 12.4. The van der Waals surface area contributed by atoms with Crippen molar-refractivity contribution in [1.82, 2.24) is 9.80 Å². The molecule has 0 aromatic heterocycles. The lowest BCUT2D eigenvalue weighted by atomic mass is 10.1. The number of nitrogens with zero attached hydrogens (tertiary/aromatic N) is 2. The van der Waals surface area contributed by atoms with Crippen LogP contribution in [-0.2, 0) is 0 Å². The van der Waals surface area contributed by atoms with Crippen LogP contribution in [0, 0.1) is 11.6 Å². The minimum Gasteiger partial charge on any atom is -0.398 e. The average molecular weight is 297 g/mol. The molecule has 0 saturated carbocycles. The third-order valence-electron chi connectivity index (χ3n) is 3.96. The minimum absolute atomic E-state index is 0.0219. The molecule has 1 aromatic carbocycles. The number of halogens is 2. The molecule has 6 heteroatoms. The van der Waals surface area contributed by atoms with Crippen LogP contribution in [0.4, 0.5) is 14.5 Å². The molecule has 1 aromatic rings. The first-order chi connectivity index (χ1) is 9.93. The van der Waals surface area contributed by atoms with Crippen molar-refractivity contribution in [3.05, 3.63) is 29.3 Å². The Balaban J connectivity index is 2.31. The van der Waals surface area contributed by atoms with Crippen LogP contribution in [-0.4, -0.2) is 48.4 Å². The first-order valence-corrected chi connectivity index (χ1v) is 7.18. The first-order valence-electron chi connectivity index (χ1n) is 7.18. The van der Waals surface area contributed by atoms with Crippen molar-refractivity contribution >= 4 is 11.6 Å².